The summed E-state index contributed by atoms with van der Waals surface area (Å²) in [5.74, 6) is 0.500. The maximum Gasteiger partial charge on any atom is 0.113 e. The minimum absolute atomic E-state index is 0.123. The van der Waals surface area contributed by atoms with Crippen LogP contribution in [0.25, 0.3) is 0 Å². The van der Waals surface area contributed by atoms with Gasteiger partial charge in [-0.15, -0.1) is 11.6 Å². The van der Waals surface area contributed by atoms with Crippen LogP contribution in [-0.4, -0.2) is 105 Å². The SMILES string of the molecule is FCCOCCOCCOCCOCCOCCOCCOCCCl. The van der Waals surface area contributed by atoms with E-state index in [9.17, 15) is 4.39 Å². The molecule has 0 saturated heterocycles. The zero-order chi connectivity index (χ0) is 18.3. The van der Waals surface area contributed by atoms with Crippen LogP contribution in [0.15, 0.2) is 0 Å². The van der Waals surface area contributed by atoms with E-state index in [4.69, 9.17) is 44.8 Å². The molecule has 0 rings (SSSR count). The Bertz CT molecular complexity index is 219. The number of hydrogen-bond acceptors (Lipinski definition) is 7. The summed E-state index contributed by atoms with van der Waals surface area (Å²) in [6.07, 6.45) is 0. The standard InChI is InChI=1S/C16H32ClFO7/c17-1-3-19-5-7-21-9-11-23-13-15-25-16-14-24-12-10-22-8-6-20-4-2-18/h1-16H2. The molecule has 0 saturated carbocycles. The lowest BCUT2D eigenvalue weighted by Crippen LogP contribution is -2.14. The van der Waals surface area contributed by atoms with Crippen LogP contribution < -0.4 is 0 Å². The lowest BCUT2D eigenvalue weighted by atomic mass is 10.6. The van der Waals surface area contributed by atoms with Gasteiger partial charge in [0.2, 0.25) is 0 Å². The maximum atomic E-state index is 11.7. The molecule has 0 aromatic heterocycles. The van der Waals surface area contributed by atoms with Crippen LogP contribution in [0.3, 0.4) is 0 Å². The first-order valence-corrected chi connectivity index (χ1v) is 9.11. The van der Waals surface area contributed by atoms with Gasteiger partial charge in [0.25, 0.3) is 0 Å². The van der Waals surface area contributed by atoms with E-state index in [1.54, 1.807) is 0 Å². The van der Waals surface area contributed by atoms with E-state index in [1.165, 1.54) is 0 Å². The summed E-state index contributed by atoms with van der Waals surface area (Å²) < 4.78 is 48.4. The molecule has 0 spiro atoms. The number of ether oxygens (including phenoxy) is 7. The van der Waals surface area contributed by atoms with Crippen molar-refractivity contribution in [1.29, 1.82) is 0 Å². The Morgan fingerprint density at radius 2 is 0.640 bits per heavy atom. The summed E-state index contributed by atoms with van der Waals surface area (Å²) in [6.45, 7) is 6.25. The predicted molar refractivity (Wildman–Crippen MR) is 92.4 cm³/mol. The molecule has 0 unspecified atom stereocenters. The molecule has 0 atom stereocenters. The van der Waals surface area contributed by atoms with Crippen LogP contribution in [0.5, 0.6) is 0 Å². The molecular weight excluding hydrogens is 359 g/mol. The van der Waals surface area contributed by atoms with Gasteiger partial charge in [0.15, 0.2) is 0 Å². The van der Waals surface area contributed by atoms with Gasteiger partial charge >= 0.3 is 0 Å². The number of rotatable bonds is 22. The number of alkyl halides is 2. The summed E-state index contributed by atoms with van der Waals surface area (Å²) in [5.41, 5.74) is 0. The fourth-order valence-electron chi connectivity index (χ4n) is 1.53. The third-order valence-electron chi connectivity index (χ3n) is 2.68. The monoisotopic (exact) mass is 390 g/mol. The summed E-state index contributed by atoms with van der Waals surface area (Å²) in [5, 5.41) is 0. The van der Waals surface area contributed by atoms with Gasteiger partial charge in [-0.05, 0) is 0 Å². The van der Waals surface area contributed by atoms with E-state index < -0.39 is 6.67 Å². The molecule has 25 heavy (non-hydrogen) atoms. The minimum Gasteiger partial charge on any atom is -0.378 e. The van der Waals surface area contributed by atoms with Crippen LogP contribution in [0.1, 0.15) is 0 Å². The Kier molecular flexibility index (Phi) is 23.9. The normalized spacial score (nSPS) is 11.3. The van der Waals surface area contributed by atoms with Gasteiger partial charge in [-0.3, -0.25) is 0 Å². The number of hydrogen-bond donors (Lipinski definition) is 0. The molecule has 0 aromatic rings. The van der Waals surface area contributed by atoms with Gasteiger partial charge in [0, 0.05) is 5.88 Å². The van der Waals surface area contributed by atoms with E-state index in [1.807, 2.05) is 0 Å². The second-order valence-corrected chi connectivity index (χ2v) is 5.04. The quantitative estimate of drug-likeness (QED) is 0.204. The average Bonchev–Trinajstić information content (AvgIpc) is 2.63. The fourth-order valence-corrected chi connectivity index (χ4v) is 1.64. The van der Waals surface area contributed by atoms with Crippen molar-refractivity contribution < 1.29 is 37.5 Å². The molecule has 0 heterocycles. The molecule has 0 bridgehead atoms. The van der Waals surface area contributed by atoms with Gasteiger partial charge in [0.05, 0.1) is 92.5 Å². The van der Waals surface area contributed by atoms with Crippen LogP contribution >= 0.6 is 11.6 Å². The van der Waals surface area contributed by atoms with Crippen molar-refractivity contribution >= 4 is 11.6 Å². The highest BCUT2D eigenvalue weighted by atomic mass is 35.5. The molecule has 0 fully saturated rings. The van der Waals surface area contributed by atoms with E-state index in [0.29, 0.717) is 91.8 Å². The van der Waals surface area contributed by atoms with Crippen molar-refractivity contribution in [3.05, 3.63) is 0 Å². The first-order valence-electron chi connectivity index (χ1n) is 8.58. The summed E-state index contributed by atoms with van der Waals surface area (Å²) in [6, 6.07) is 0. The second kappa shape index (κ2) is 23.9. The van der Waals surface area contributed by atoms with Gasteiger partial charge in [-0.2, -0.15) is 0 Å². The topological polar surface area (TPSA) is 64.6 Å². The number of halogens is 2. The molecule has 7 nitrogen and oxygen atoms in total. The lowest BCUT2D eigenvalue weighted by molar-refractivity contribution is -0.0203. The van der Waals surface area contributed by atoms with Gasteiger partial charge in [-0.25, -0.2) is 4.39 Å². The summed E-state index contributed by atoms with van der Waals surface area (Å²) in [4.78, 5) is 0. The van der Waals surface area contributed by atoms with Crippen LogP contribution in [0.4, 0.5) is 4.39 Å². The third kappa shape index (κ3) is 23.9. The predicted octanol–water partition coefficient (Wildman–Crippen LogP) is 1.31. The maximum absolute atomic E-state index is 11.7. The van der Waals surface area contributed by atoms with E-state index >= 15 is 0 Å². The van der Waals surface area contributed by atoms with E-state index in [0.717, 1.165) is 0 Å². The Morgan fingerprint density at radius 3 is 0.880 bits per heavy atom. The van der Waals surface area contributed by atoms with Gasteiger partial charge in [-0.1, -0.05) is 0 Å². The van der Waals surface area contributed by atoms with Crippen molar-refractivity contribution in [3.63, 3.8) is 0 Å². The van der Waals surface area contributed by atoms with Crippen molar-refractivity contribution in [2.24, 2.45) is 0 Å². The van der Waals surface area contributed by atoms with Crippen molar-refractivity contribution in [2.75, 3.05) is 105 Å². The zero-order valence-electron chi connectivity index (χ0n) is 14.9. The molecule has 0 N–H and O–H groups in total. The lowest BCUT2D eigenvalue weighted by Gasteiger charge is -2.08. The summed E-state index contributed by atoms with van der Waals surface area (Å²) in [7, 11) is 0. The Balaban J connectivity index is 2.94. The van der Waals surface area contributed by atoms with Gasteiger partial charge < -0.3 is 33.2 Å². The van der Waals surface area contributed by atoms with E-state index in [2.05, 4.69) is 0 Å². The molecule has 0 radical (unpaired) electrons. The van der Waals surface area contributed by atoms with Crippen LogP contribution in [-0.2, 0) is 33.2 Å². The van der Waals surface area contributed by atoms with Crippen LogP contribution in [0, 0.1) is 0 Å². The average molecular weight is 391 g/mol. The summed E-state index contributed by atoms with van der Waals surface area (Å²) >= 11 is 5.47. The first kappa shape index (κ1) is 24.9. The molecule has 0 aromatic carbocycles. The molecule has 0 aliphatic rings. The smallest absolute Gasteiger partial charge is 0.113 e. The van der Waals surface area contributed by atoms with E-state index in [-0.39, 0.29) is 6.61 Å². The Hall–Kier alpha value is -0.0600. The van der Waals surface area contributed by atoms with Gasteiger partial charge in [0.1, 0.15) is 6.67 Å². The van der Waals surface area contributed by atoms with Crippen molar-refractivity contribution in [3.8, 4) is 0 Å². The highest BCUT2D eigenvalue weighted by Crippen LogP contribution is 1.85. The molecule has 0 amide bonds. The highest BCUT2D eigenvalue weighted by Gasteiger charge is 1.94. The molecule has 152 valence electrons. The third-order valence-corrected chi connectivity index (χ3v) is 2.83. The molecule has 0 aliphatic carbocycles. The fraction of sp³-hybridized carbons (Fsp3) is 1.00. The largest absolute Gasteiger partial charge is 0.378 e. The minimum atomic E-state index is -0.465. The highest BCUT2D eigenvalue weighted by molar-refractivity contribution is 6.17. The Labute approximate surface area is 154 Å². The molecular formula is C16H32ClFO7. The first-order chi connectivity index (χ1) is 12.4. The zero-order valence-corrected chi connectivity index (χ0v) is 15.7. The molecule has 0 aliphatic heterocycles. The van der Waals surface area contributed by atoms with Crippen LogP contribution in [0.2, 0.25) is 0 Å². The molecule has 9 heteroatoms. The van der Waals surface area contributed by atoms with Crippen molar-refractivity contribution in [1.82, 2.24) is 0 Å². The second-order valence-electron chi connectivity index (χ2n) is 4.66. The Morgan fingerprint density at radius 1 is 0.400 bits per heavy atom. The van der Waals surface area contributed by atoms with Crippen molar-refractivity contribution in [2.45, 2.75) is 0 Å².